The molecule has 1 N–H and O–H groups in total. The van der Waals surface area contributed by atoms with E-state index in [1.807, 2.05) is 41.3 Å². The second kappa shape index (κ2) is 11.1. The molecule has 36 heavy (non-hydrogen) atoms. The Labute approximate surface area is 219 Å². The maximum Gasteiger partial charge on any atom is 0.228 e. The van der Waals surface area contributed by atoms with Gasteiger partial charge < -0.3 is 24.7 Å². The molecule has 1 aromatic heterocycles. The van der Waals surface area contributed by atoms with E-state index in [1.54, 1.807) is 4.90 Å². The zero-order valence-electron chi connectivity index (χ0n) is 20.3. The standard InChI is InChI=1S/C25H32BrN7O3/c26-20-2-1-3-21(17-20)33-18-19(16-24(33)35)25(36)32-12-10-31(11-13-32)23-5-4-22(27-28-23)30-8-6-29(7-9-30)14-15-34/h1-5,17,19,34H,6-16,18H2. The van der Waals surface area contributed by atoms with Gasteiger partial charge in [-0.15, -0.1) is 10.2 Å². The molecule has 3 aliphatic heterocycles. The molecule has 3 fully saturated rings. The summed E-state index contributed by atoms with van der Waals surface area (Å²) >= 11 is 3.45. The lowest BCUT2D eigenvalue weighted by Crippen LogP contribution is -2.51. The Morgan fingerprint density at radius 1 is 0.944 bits per heavy atom. The SMILES string of the molecule is O=C(C1CC(=O)N(c2cccc(Br)c2)C1)N1CCN(c2ccc(N3CCN(CCO)CC3)nn2)CC1. The van der Waals surface area contributed by atoms with Crippen molar-refractivity contribution in [2.75, 3.05) is 86.8 Å². The van der Waals surface area contributed by atoms with E-state index in [-0.39, 0.29) is 30.8 Å². The third kappa shape index (κ3) is 5.47. The Balaban J connectivity index is 1.12. The van der Waals surface area contributed by atoms with E-state index in [4.69, 9.17) is 5.11 Å². The summed E-state index contributed by atoms with van der Waals surface area (Å²) in [4.78, 5) is 36.0. The average Bonchev–Trinajstić information content (AvgIpc) is 3.31. The molecule has 2 amide bonds. The number of piperazine rings is 2. The van der Waals surface area contributed by atoms with Gasteiger partial charge in [0.25, 0.3) is 0 Å². The van der Waals surface area contributed by atoms with Gasteiger partial charge in [-0.1, -0.05) is 22.0 Å². The summed E-state index contributed by atoms with van der Waals surface area (Å²) in [5, 5.41) is 18.0. The summed E-state index contributed by atoms with van der Waals surface area (Å²) in [6, 6.07) is 11.7. The minimum Gasteiger partial charge on any atom is -0.395 e. The summed E-state index contributed by atoms with van der Waals surface area (Å²) in [5.41, 5.74) is 0.823. The highest BCUT2D eigenvalue weighted by Crippen LogP contribution is 2.29. The number of halogens is 1. The number of anilines is 3. The van der Waals surface area contributed by atoms with Crippen LogP contribution in [0.15, 0.2) is 40.9 Å². The first-order chi connectivity index (χ1) is 17.5. The zero-order chi connectivity index (χ0) is 25.1. The highest BCUT2D eigenvalue weighted by Gasteiger charge is 2.38. The summed E-state index contributed by atoms with van der Waals surface area (Å²) in [7, 11) is 0. The van der Waals surface area contributed by atoms with Crippen LogP contribution in [0.5, 0.6) is 0 Å². The molecule has 1 unspecified atom stereocenters. The van der Waals surface area contributed by atoms with Crippen LogP contribution in [0.4, 0.5) is 17.3 Å². The number of β-amino-alcohol motifs (C(OH)–C–C–N with tert-alkyl or cyclic N) is 1. The van der Waals surface area contributed by atoms with Gasteiger partial charge in [-0.2, -0.15) is 0 Å². The van der Waals surface area contributed by atoms with Crippen molar-refractivity contribution < 1.29 is 14.7 Å². The fourth-order valence-electron chi connectivity index (χ4n) is 5.18. The molecule has 11 heteroatoms. The smallest absolute Gasteiger partial charge is 0.228 e. The predicted molar refractivity (Wildman–Crippen MR) is 141 cm³/mol. The first-order valence-corrected chi connectivity index (χ1v) is 13.3. The molecule has 1 aromatic carbocycles. The van der Waals surface area contributed by atoms with Crippen LogP contribution in [-0.2, 0) is 9.59 Å². The number of carbonyl (C=O) groups is 2. The van der Waals surface area contributed by atoms with Gasteiger partial charge in [0.15, 0.2) is 11.6 Å². The van der Waals surface area contributed by atoms with Crippen LogP contribution in [0.25, 0.3) is 0 Å². The van der Waals surface area contributed by atoms with E-state index < -0.39 is 0 Å². The van der Waals surface area contributed by atoms with Crippen LogP contribution in [0, 0.1) is 5.92 Å². The molecule has 3 saturated heterocycles. The van der Waals surface area contributed by atoms with Crippen molar-refractivity contribution in [3.05, 3.63) is 40.9 Å². The Bertz CT molecular complexity index is 1070. The molecule has 3 aliphatic rings. The molecule has 4 heterocycles. The quantitative estimate of drug-likeness (QED) is 0.563. The van der Waals surface area contributed by atoms with Crippen molar-refractivity contribution in [3.63, 3.8) is 0 Å². The van der Waals surface area contributed by atoms with E-state index in [1.165, 1.54) is 0 Å². The van der Waals surface area contributed by atoms with Crippen molar-refractivity contribution in [2.24, 2.45) is 5.92 Å². The highest BCUT2D eigenvalue weighted by molar-refractivity contribution is 9.10. The molecule has 0 radical (unpaired) electrons. The van der Waals surface area contributed by atoms with Crippen LogP contribution < -0.4 is 14.7 Å². The molecule has 192 valence electrons. The molecule has 1 atom stereocenters. The lowest BCUT2D eigenvalue weighted by Gasteiger charge is -2.37. The summed E-state index contributed by atoms with van der Waals surface area (Å²) in [6.45, 7) is 7.49. The van der Waals surface area contributed by atoms with E-state index in [9.17, 15) is 9.59 Å². The molecule has 5 rings (SSSR count). The highest BCUT2D eigenvalue weighted by atomic mass is 79.9. The van der Waals surface area contributed by atoms with Gasteiger partial charge >= 0.3 is 0 Å². The Kier molecular flexibility index (Phi) is 7.68. The van der Waals surface area contributed by atoms with Crippen molar-refractivity contribution in [3.8, 4) is 0 Å². The number of aliphatic hydroxyl groups excluding tert-OH is 1. The molecular formula is C25H32BrN7O3. The van der Waals surface area contributed by atoms with Crippen LogP contribution in [-0.4, -0.2) is 109 Å². The van der Waals surface area contributed by atoms with Gasteiger partial charge in [0, 0.05) is 82.0 Å². The zero-order valence-corrected chi connectivity index (χ0v) is 21.9. The molecule has 0 saturated carbocycles. The van der Waals surface area contributed by atoms with E-state index in [0.717, 1.165) is 48.0 Å². The molecule has 10 nitrogen and oxygen atoms in total. The normalized spacial score (nSPS) is 21.4. The van der Waals surface area contributed by atoms with Crippen molar-refractivity contribution >= 4 is 45.1 Å². The monoisotopic (exact) mass is 557 g/mol. The van der Waals surface area contributed by atoms with Crippen LogP contribution in [0.3, 0.4) is 0 Å². The van der Waals surface area contributed by atoms with Gasteiger partial charge in [-0.3, -0.25) is 14.5 Å². The minimum absolute atomic E-state index is 0.00439. The maximum atomic E-state index is 13.2. The second-order valence-electron chi connectivity index (χ2n) is 9.50. The number of benzene rings is 1. The number of nitrogens with zero attached hydrogens (tertiary/aromatic N) is 7. The summed E-state index contributed by atoms with van der Waals surface area (Å²) in [5.74, 6) is 1.44. The Morgan fingerprint density at radius 3 is 2.17 bits per heavy atom. The lowest BCUT2D eigenvalue weighted by molar-refractivity contribution is -0.136. The lowest BCUT2D eigenvalue weighted by atomic mass is 10.1. The fraction of sp³-hybridized carbons (Fsp3) is 0.520. The van der Waals surface area contributed by atoms with E-state index >= 15 is 0 Å². The number of carbonyl (C=O) groups excluding carboxylic acids is 2. The number of hydrogen-bond acceptors (Lipinski definition) is 8. The number of rotatable bonds is 6. The van der Waals surface area contributed by atoms with E-state index in [0.29, 0.717) is 39.3 Å². The third-order valence-corrected chi connectivity index (χ3v) is 7.75. The average molecular weight is 558 g/mol. The molecule has 0 bridgehead atoms. The van der Waals surface area contributed by atoms with E-state index in [2.05, 4.69) is 40.8 Å². The first-order valence-electron chi connectivity index (χ1n) is 12.5. The first kappa shape index (κ1) is 24.9. The summed E-state index contributed by atoms with van der Waals surface area (Å²) in [6.07, 6.45) is 0.257. The van der Waals surface area contributed by atoms with Gasteiger partial charge in [0.1, 0.15) is 0 Å². The largest absolute Gasteiger partial charge is 0.395 e. The minimum atomic E-state index is -0.306. The van der Waals surface area contributed by atoms with Gasteiger partial charge in [-0.25, -0.2) is 0 Å². The van der Waals surface area contributed by atoms with Crippen LogP contribution in [0.1, 0.15) is 6.42 Å². The third-order valence-electron chi connectivity index (χ3n) is 7.26. The van der Waals surface area contributed by atoms with Gasteiger partial charge in [-0.05, 0) is 30.3 Å². The molecule has 0 aliphatic carbocycles. The molecular weight excluding hydrogens is 526 g/mol. The number of amides is 2. The number of aliphatic hydroxyl groups is 1. The Morgan fingerprint density at radius 2 is 1.58 bits per heavy atom. The predicted octanol–water partition coefficient (Wildman–Crippen LogP) is 1.06. The van der Waals surface area contributed by atoms with Crippen molar-refractivity contribution in [1.29, 1.82) is 0 Å². The maximum absolute atomic E-state index is 13.2. The van der Waals surface area contributed by atoms with Crippen molar-refractivity contribution in [2.45, 2.75) is 6.42 Å². The molecule has 0 spiro atoms. The number of hydrogen-bond donors (Lipinski definition) is 1. The molecule has 2 aromatic rings. The van der Waals surface area contributed by atoms with Gasteiger partial charge in [0.2, 0.25) is 11.8 Å². The second-order valence-corrected chi connectivity index (χ2v) is 10.4. The summed E-state index contributed by atoms with van der Waals surface area (Å²) < 4.78 is 0.912. The topological polar surface area (TPSA) is 96.4 Å². The van der Waals surface area contributed by atoms with Gasteiger partial charge in [0.05, 0.1) is 12.5 Å². The van der Waals surface area contributed by atoms with Crippen molar-refractivity contribution in [1.82, 2.24) is 20.0 Å². The van der Waals surface area contributed by atoms with Crippen LogP contribution in [0.2, 0.25) is 0 Å². The number of aromatic nitrogens is 2. The fourth-order valence-corrected chi connectivity index (χ4v) is 5.57. The van der Waals surface area contributed by atoms with Crippen LogP contribution >= 0.6 is 15.9 Å². The Hall–Kier alpha value is -2.76.